The minimum atomic E-state index is -0.0851. The molecule has 0 unspecified atom stereocenters. The number of carbonyl (C=O) groups is 1. The number of ether oxygens (including phenoxy) is 1. The highest BCUT2D eigenvalue weighted by Crippen LogP contribution is 2.47. The topological polar surface area (TPSA) is 26.3 Å². The Kier molecular flexibility index (Phi) is 2.06. The third kappa shape index (κ3) is 1.84. The van der Waals surface area contributed by atoms with E-state index in [-0.39, 0.29) is 11.2 Å². The summed E-state index contributed by atoms with van der Waals surface area (Å²) in [4.78, 5) is 12.1. The summed E-state index contributed by atoms with van der Waals surface area (Å²) in [5, 5.41) is 0. The minimum Gasteiger partial charge on any atom is -0.490 e. The van der Waals surface area contributed by atoms with Gasteiger partial charge in [0.1, 0.15) is 5.75 Å². The zero-order valence-corrected chi connectivity index (χ0v) is 9.53. The summed E-state index contributed by atoms with van der Waals surface area (Å²) in [6.45, 7) is 2.05. The van der Waals surface area contributed by atoms with E-state index >= 15 is 0 Å². The van der Waals surface area contributed by atoms with Gasteiger partial charge in [-0.3, -0.25) is 4.79 Å². The Morgan fingerprint density at radius 3 is 2.75 bits per heavy atom. The van der Waals surface area contributed by atoms with Gasteiger partial charge in [0.25, 0.3) is 0 Å². The highest BCUT2D eigenvalue weighted by Gasteiger charge is 2.44. The molecular formula is C14H16O2. The van der Waals surface area contributed by atoms with Crippen molar-refractivity contribution in [3.8, 4) is 5.75 Å². The summed E-state index contributed by atoms with van der Waals surface area (Å²) in [6.07, 6.45) is 4.74. The first-order valence-electron chi connectivity index (χ1n) is 5.99. The van der Waals surface area contributed by atoms with E-state index < -0.39 is 0 Å². The number of benzene rings is 1. The lowest BCUT2D eigenvalue weighted by atomic mass is 9.97. The number of hydrogen-bond donors (Lipinski definition) is 0. The van der Waals surface area contributed by atoms with Crippen molar-refractivity contribution in [2.75, 3.05) is 0 Å². The van der Waals surface area contributed by atoms with Crippen LogP contribution in [0.25, 0.3) is 0 Å². The van der Waals surface area contributed by atoms with Gasteiger partial charge in [-0.05, 0) is 37.8 Å². The average Bonchev–Trinajstić information content (AvgIpc) is 3.17. The first-order valence-corrected chi connectivity index (χ1v) is 5.99. The van der Waals surface area contributed by atoms with Crippen molar-refractivity contribution in [1.82, 2.24) is 0 Å². The SMILES string of the molecule is CC1(C(=O)c2cccc(OC3CC3)c2)CC1. The van der Waals surface area contributed by atoms with E-state index in [9.17, 15) is 4.79 Å². The van der Waals surface area contributed by atoms with E-state index in [4.69, 9.17) is 4.74 Å². The van der Waals surface area contributed by atoms with E-state index in [1.807, 2.05) is 31.2 Å². The second kappa shape index (κ2) is 3.34. The number of ketones is 1. The Morgan fingerprint density at radius 1 is 1.38 bits per heavy atom. The van der Waals surface area contributed by atoms with Crippen LogP contribution in [0.15, 0.2) is 24.3 Å². The van der Waals surface area contributed by atoms with Crippen LogP contribution < -0.4 is 4.74 Å². The van der Waals surface area contributed by atoms with Crippen LogP contribution in [0.4, 0.5) is 0 Å². The molecular weight excluding hydrogens is 200 g/mol. The maximum absolute atomic E-state index is 12.1. The molecule has 2 nitrogen and oxygen atoms in total. The van der Waals surface area contributed by atoms with Crippen LogP contribution in [0.2, 0.25) is 0 Å². The highest BCUT2D eigenvalue weighted by atomic mass is 16.5. The van der Waals surface area contributed by atoms with Crippen LogP contribution in [0.1, 0.15) is 43.0 Å². The lowest BCUT2D eigenvalue weighted by Crippen LogP contribution is -2.12. The van der Waals surface area contributed by atoms with Gasteiger partial charge in [0.15, 0.2) is 5.78 Å². The molecule has 16 heavy (non-hydrogen) atoms. The molecule has 2 aliphatic carbocycles. The van der Waals surface area contributed by atoms with Gasteiger partial charge in [0.05, 0.1) is 6.10 Å². The number of hydrogen-bond acceptors (Lipinski definition) is 2. The molecule has 2 heteroatoms. The lowest BCUT2D eigenvalue weighted by Gasteiger charge is -2.09. The first-order chi connectivity index (χ1) is 7.67. The Hall–Kier alpha value is -1.31. The molecule has 0 N–H and O–H groups in total. The van der Waals surface area contributed by atoms with Crippen LogP contribution in [0, 0.1) is 5.41 Å². The second-order valence-electron chi connectivity index (χ2n) is 5.23. The van der Waals surface area contributed by atoms with Crippen molar-refractivity contribution in [2.24, 2.45) is 5.41 Å². The average molecular weight is 216 g/mol. The molecule has 0 aromatic heterocycles. The summed E-state index contributed by atoms with van der Waals surface area (Å²) in [6, 6.07) is 7.64. The molecule has 0 saturated heterocycles. The number of Topliss-reactive ketones (excluding diaryl/α,β-unsaturated/α-hetero) is 1. The first kappa shape index (κ1) is 9.88. The summed E-state index contributed by atoms with van der Waals surface area (Å²) in [5.41, 5.74) is 0.719. The standard InChI is InChI=1S/C14H16O2/c1-14(7-8-14)13(15)10-3-2-4-12(9-10)16-11-5-6-11/h2-4,9,11H,5-8H2,1H3. The van der Waals surface area contributed by atoms with Gasteiger partial charge in [0, 0.05) is 11.0 Å². The predicted molar refractivity (Wildman–Crippen MR) is 61.8 cm³/mol. The molecule has 0 aliphatic heterocycles. The molecule has 1 aromatic carbocycles. The van der Waals surface area contributed by atoms with Crippen LogP contribution in [0.5, 0.6) is 5.75 Å². The lowest BCUT2D eigenvalue weighted by molar-refractivity contribution is 0.0912. The van der Waals surface area contributed by atoms with Crippen molar-refractivity contribution < 1.29 is 9.53 Å². The molecule has 2 fully saturated rings. The van der Waals surface area contributed by atoms with Gasteiger partial charge in [-0.1, -0.05) is 19.1 Å². The molecule has 1 aromatic rings. The van der Waals surface area contributed by atoms with Gasteiger partial charge in [-0.15, -0.1) is 0 Å². The molecule has 2 aliphatic rings. The summed E-state index contributed by atoms with van der Waals surface area (Å²) < 4.78 is 5.70. The monoisotopic (exact) mass is 216 g/mol. The van der Waals surface area contributed by atoms with Crippen LogP contribution in [0.3, 0.4) is 0 Å². The summed E-state index contributed by atoms with van der Waals surface area (Å²) >= 11 is 0. The fraction of sp³-hybridized carbons (Fsp3) is 0.500. The number of carbonyl (C=O) groups excluding carboxylic acids is 1. The second-order valence-corrected chi connectivity index (χ2v) is 5.23. The maximum atomic E-state index is 12.1. The van der Waals surface area contributed by atoms with Gasteiger partial charge in [0.2, 0.25) is 0 Å². The predicted octanol–water partition coefficient (Wildman–Crippen LogP) is 3.21. The van der Waals surface area contributed by atoms with Crippen molar-refractivity contribution in [2.45, 2.75) is 38.7 Å². The quantitative estimate of drug-likeness (QED) is 0.722. The maximum Gasteiger partial charge on any atom is 0.168 e. The molecule has 2 saturated carbocycles. The van der Waals surface area contributed by atoms with Gasteiger partial charge >= 0.3 is 0 Å². The highest BCUT2D eigenvalue weighted by molar-refractivity contribution is 6.02. The minimum absolute atomic E-state index is 0.0851. The normalized spacial score (nSPS) is 21.6. The van der Waals surface area contributed by atoms with Gasteiger partial charge < -0.3 is 4.74 Å². The largest absolute Gasteiger partial charge is 0.490 e. The molecule has 0 heterocycles. The smallest absolute Gasteiger partial charge is 0.168 e. The fourth-order valence-electron chi connectivity index (χ4n) is 1.85. The molecule has 0 spiro atoms. The Balaban J connectivity index is 1.80. The van der Waals surface area contributed by atoms with E-state index in [0.29, 0.717) is 6.10 Å². The zero-order chi connectivity index (χ0) is 11.2. The van der Waals surface area contributed by atoms with E-state index in [2.05, 4.69) is 0 Å². The molecule has 0 amide bonds. The van der Waals surface area contributed by atoms with Crippen molar-refractivity contribution in [1.29, 1.82) is 0 Å². The zero-order valence-electron chi connectivity index (χ0n) is 9.53. The van der Waals surface area contributed by atoms with E-state index in [1.165, 1.54) is 0 Å². The van der Waals surface area contributed by atoms with Crippen molar-refractivity contribution in [3.05, 3.63) is 29.8 Å². The summed E-state index contributed by atoms with van der Waals surface area (Å²) in [7, 11) is 0. The molecule has 3 rings (SSSR count). The van der Waals surface area contributed by atoms with Crippen molar-refractivity contribution in [3.63, 3.8) is 0 Å². The van der Waals surface area contributed by atoms with Crippen LogP contribution in [-0.4, -0.2) is 11.9 Å². The van der Waals surface area contributed by atoms with Gasteiger partial charge in [-0.25, -0.2) is 0 Å². The van der Waals surface area contributed by atoms with Crippen molar-refractivity contribution >= 4 is 5.78 Å². The van der Waals surface area contributed by atoms with Crippen LogP contribution in [-0.2, 0) is 0 Å². The van der Waals surface area contributed by atoms with Gasteiger partial charge in [-0.2, -0.15) is 0 Å². The summed E-state index contributed by atoms with van der Waals surface area (Å²) in [5.74, 6) is 1.12. The Bertz CT molecular complexity index is 428. The third-order valence-corrected chi connectivity index (χ3v) is 3.47. The molecule has 0 radical (unpaired) electrons. The van der Waals surface area contributed by atoms with Crippen LogP contribution >= 0.6 is 0 Å². The molecule has 84 valence electrons. The fourth-order valence-corrected chi connectivity index (χ4v) is 1.85. The Morgan fingerprint density at radius 2 is 2.12 bits per heavy atom. The van der Waals surface area contributed by atoms with E-state index in [0.717, 1.165) is 37.0 Å². The van der Waals surface area contributed by atoms with E-state index in [1.54, 1.807) is 0 Å². The Labute approximate surface area is 95.6 Å². The third-order valence-electron chi connectivity index (χ3n) is 3.47. The number of rotatable bonds is 4. The molecule has 0 atom stereocenters. The molecule has 0 bridgehead atoms.